The molecule has 3 N–H and O–H groups in total. The van der Waals surface area contributed by atoms with Crippen molar-refractivity contribution < 1.29 is 14.1 Å². The van der Waals surface area contributed by atoms with Crippen molar-refractivity contribution in [2.45, 2.75) is 6.61 Å². The van der Waals surface area contributed by atoms with Gasteiger partial charge in [0.25, 0.3) is 5.91 Å². The van der Waals surface area contributed by atoms with Gasteiger partial charge in [0.1, 0.15) is 18.1 Å². The normalized spacial score (nSPS) is 10.7. The Bertz CT molecular complexity index is 1650. The molecule has 10 heteroatoms. The lowest BCUT2D eigenvalue weighted by Crippen LogP contribution is -2.14. The number of aromatic nitrogens is 3. The van der Waals surface area contributed by atoms with Gasteiger partial charge in [0, 0.05) is 10.9 Å². The molecule has 3 aromatic carbocycles. The zero-order valence-corrected chi connectivity index (χ0v) is 19.5. The van der Waals surface area contributed by atoms with E-state index >= 15 is 0 Å². The number of nitriles is 1. The fraction of sp³-hybridized carbons (Fsp3) is 0.0400. The van der Waals surface area contributed by atoms with Gasteiger partial charge in [0.05, 0.1) is 27.3 Å². The zero-order valence-electron chi connectivity index (χ0n) is 18.0. The minimum atomic E-state index is -0.749. The lowest BCUT2D eigenvalue weighted by atomic mass is 10.1. The van der Waals surface area contributed by atoms with E-state index in [9.17, 15) is 14.9 Å². The van der Waals surface area contributed by atoms with Crippen LogP contribution in [0.5, 0.6) is 5.75 Å². The maximum absolute atomic E-state index is 13.2. The molecular weight excluding hydrogens is 514 g/mol. The van der Waals surface area contributed by atoms with Crippen LogP contribution in [0.4, 0.5) is 5.69 Å². The van der Waals surface area contributed by atoms with Crippen molar-refractivity contribution in [1.82, 2.24) is 15.1 Å². The molecule has 2 aromatic heterocycles. The first-order valence-electron chi connectivity index (χ1n) is 10.4. The highest BCUT2D eigenvalue weighted by Crippen LogP contribution is 2.35. The monoisotopic (exact) mass is 529 g/mol. The number of fused-ring (bicyclic) bond motifs is 1. The summed E-state index contributed by atoms with van der Waals surface area (Å²) < 4.78 is 11.2. The number of amides is 1. The van der Waals surface area contributed by atoms with Crippen molar-refractivity contribution in [3.63, 3.8) is 0 Å². The highest BCUT2D eigenvalue weighted by molar-refractivity contribution is 9.10. The molecule has 1 amide bonds. The Morgan fingerprint density at radius 2 is 1.94 bits per heavy atom. The predicted octanol–water partition coefficient (Wildman–Crippen LogP) is 4.98. The molecule has 0 saturated heterocycles. The van der Waals surface area contributed by atoms with E-state index in [4.69, 9.17) is 4.74 Å². The van der Waals surface area contributed by atoms with Crippen LogP contribution in [0, 0.1) is 11.3 Å². The highest BCUT2D eigenvalue weighted by Gasteiger charge is 2.20. The first kappa shape index (κ1) is 22.2. The van der Waals surface area contributed by atoms with Crippen molar-refractivity contribution in [3.8, 4) is 23.2 Å². The second-order valence-corrected chi connectivity index (χ2v) is 8.33. The van der Waals surface area contributed by atoms with E-state index in [0.717, 1.165) is 10.9 Å². The van der Waals surface area contributed by atoms with Gasteiger partial charge in [-0.1, -0.05) is 47.6 Å². The van der Waals surface area contributed by atoms with E-state index in [1.165, 1.54) is 6.07 Å². The maximum atomic E-state index is 13.2. The fourth-order valence-electron chi connectivity index (χ4n) is 3.62. The molecular formula is C25H16BrN5O4. The highest BCUT2D eigenvalue weighted by atomic mass is 79.9. The molecule has 0 aliphatic heterocycles. The summed E-state index contributed by atoms with van der Waals surface area (Å²) in [4.78, 5) is 30.3. The largest absolute Gasteiger partial charge is 0.487 e. The third kappa shape index (κ3) is 4.45. The van der Waals surface area contributed by atoms with Gasteiger partial charge in [-0.05, 0) is 45.8 Å². The van der Waals surface area contributed by atoms with Crippen LogP contribution < -0.4 is 15.8 Å². The summed E-state index contributed by atoms with van der Waals surface area (Å²) in [6.45, 7) is 0.378. The number of para-hydroxylation sites is 1. The van der Waals surface area contributed by atoms with Crippen molar-refractivity contribution in [1.29, 1.82) is 5.26 Å². The molecule has 0 unspecified atom stereocenters. The number of hydrogen-bond donors (Lipinski definition) is 3. The number of anilines is 1. The summed E-state index contributed by atoms with van der Waals surface area (Å²) in [5.74, 6) is -0.500. The summed E-state index contributed by atoms with van der Waals surface area (Å²) in [6, 6.07) is 22.0. The quantitative estimate of drug-likeness (QED) is 0.283. The Kier molecular flexibility index (Phi) is 5.91. The number of carbonyl (C=O) groups excluding carboxylic acids is 1. The van der Waals surface area contributed by atoms with Crippen LogP contribution in [-0.2, 0) is 6.61 Å². The topological polar surface area (TPSA) is 137 Å². The summed E-state index contributed by atoms with van der Waals surface area (Å²) >= 11 is 3.52. The molecule has 0 fully saturated rings. The number of aromatic amines is 2. The Labute approximate surface area is 206 Å². The number of nitrogens with zero attached hydrogens (tertiary/aromatic N) is 2. The Morgan fingerprint density at radius 1 is 1.11 bits per heavy atom. The van der Waals surface area contributed by atoms with E-state index in [-0.39, 0.29) is 11.5 Å². The summed E-state index contributed by atoms with van der Waals surface area (Å²) in [5.41, 5.74) is 2.97. The van der Waals surface area contributed by atoms with E-state index < -0.39 is 11.7 Å². The number of carbonyl (C=O) groups is 1. The number of hydrogen-bond acceptors (Lipinski definition) is 6. The molecule has 0 aliphatic carbocycles. The molecule has 0 saturated carbocycles. The first-order chi connectivity index (χ1) is 17.0. The van der Waals surface area contributed by atoms with Gasteiger partial charge in [0.2, 0.25) is 0 Å². The summed E-state index contributed by atoms with van der Waals surface area (Å²) in [7, 11) is 0. The summed E-state index contributed by atoms with van der Waals surface area (Å²) in [6.07, 6.45) is 0. The first-order valence-corrected chi connectivity index (χ1v) is 11.2. The number of nitrogens with one attached hydrogen (secondary N) is 3. The molecule has 0 aliphatic rings. The number of ether oxygens (including phenoxy) is 1. The molecule has 0 spiro atoms. The Hall–Kier alpha value is -4.62. The second-order valence-electron chi connectivity index (χ2n) is 7.54. The summed E-state index contributed by atoms with van der Waals surface area (Å²) in [5, 5.41) is 16.5. The lowest BCUT2D eigenvalue weighted by molar-refractivity contribution is 0.102. The average Bonchev–Trinajstić information content (AvgIpc) is 3.47. The van der Waals surface area contributed by atoms with Gasteiger partial charge < -0.3 is 15.0 Å². The average molecular weight is 530 g/mol. The maximum Gasteiger partial charge on any atom is 0.439 e. The Balaban J connectivity index is 1.46. The van der Waals surface area contributed by atoms with Crippen LogP contribution in [-0.4, -0.2) is 21.0 Å². The smallest absolute Gasteiger partial charge is 0.439 e. The van der Waals surface area contributed by atoms with Crippen molar-refractivity contribution in [2.75, 3.05) is 5.32 Å². The lowest BCUT2D eigenvalue weighted by Gasteiger charge is -2.09. The van der Waals surface area contributed by atoms with Crippen LogP contribution in [0.3, 0.4) is 0 Å². The fourth-order valence-corrected chi connectivity index (χ4v) is 4.23. The van der Waals surface area contributed by atoms with E-state index in [0.29, 0.717) is 39.2 Å². The van der Waals surface area contributed by atoms with Crippen LogP contribution in [0.1, 0.15) is 21.6 Å². The van der Waals surface area contributed by atoms with Crippen LogP contribution in [0.25, 0.3) is 22.3 Å². The number of halogens is 1. The van der Waals surface area contributed by atoms with Crippen molar-refractivity contribution in [2.24, 2.45) is 0 Å². The van der Waals surface area contributed by atoms with Crippen molar-refractivity contribution >= 4 is 38.4 Å². The van der Waals surface area contributed by atoms with Gasteiger partial charge in [-0.2, -0.15) is 5.26 Å². The Morgan fingerprint density at radius 3 is 2.69 bits per heavy atom. The molecule has 5 aromatic rings. The minimum absolute atomic E-state index is 0.0923. The third-order valence-corrected chi connectivity index (χ3v) is 6.11. The van der Waals surface area contributed by atoms with Crippen LogP contribution in [0.15, 0.2) is 80.5 Å². The van der Waals surface area contributed by atoms with Crippen LogP contribution >= 0.6 is 15.9 Å². The van der Waals surface area contributed by atoms with Gasteiger partial charge in [-0.15, -0.1) is 0 Å². The second kappa shape index (κ2) is 9.32. The van der Waals surface area contributed by atoms with Crippen LogP contribution in [0.2, 0.25) is 0 Å². The van der Waals surface area contributed by atoms with Crippen molar-refractivity contribution in [3.05, 3.63) is 98.6 Å². The number of H-pyrrole nitrogens is 2. The molecule has 35 heavy (non-hydrogen) atoms. The molecule has 5 rings (SSSR count). The standard InChI is InChI=1S/C25H16BrN5O4/c26-20-16-7-4-8-19(34-13-14-5-2-1-3-6-14)21(16)29-22(20)24(32)28-18-10-9-15(12-27)11-17(18)23-30-25(33)35-31-23/h1-11,29H,13H2,(H,28,32)(H,30,31,33). The molecule has 0 atom stereocenters. The molecule has 9 nitrogen and oxygen atoms in total. The SMILES string of the molecule is N#Cc1ccc(NC(=O)c2[nH]c3c(OCc4ccccc4)cccc3c2Br)c(-c2noc(=O)[nH]2)c1. The minimum Gasteiger partial charge on any atom is -0.487 e. The number of benzene rings is 3. The predicted molar refractivity (Wildman–Crippen MR) is 132 cm³/mol. The molecule has 0 bridgehead atoms. The number of rotatable bonds is 6. The van der Waals surface area contributed by atoms with Gasteiger partial charge in [0.15, 0.2) is 5.82 Å². The molecule has 172 valence electrons. The van der Waals surface area contributed by atoms with Gasteiger partial charge in [-0.25, -0.2) is 4.79 Å². The molecule has 0 radical (unpaired) electrons. The van der Waals surface area contributed by atoms with E-state index in [1.807, 2.05) is 54.6 Å². The van der Waals surface area contributed by atoms with E-state index in [1.54, 1.807) is 12.1 Å². The third-order valence-electron chi connectivity index (χ3n) is 5.29. The molecule has 2 heterocycles. The van der Waals surface area contributed by atoms with E-state index in [2.05, 4.69) is 40.9 Å². The zero-order chi connectivity index (χ0) is 24.4. The van der Waals surface area contributed by atoms with Gasteiger partial charge >= 0.3 is 5.76 Å². The van der Waals surface area contributed by atoms with Gasteiger partial charge in [-0.3, -0.25) is 14.3 Å².